The maximum absolute atomic E-state index is 12.4. The Morgan fingerprint density at radius 3 is 2.57 bits per heavy atom. The molecule has 2 aromatic rings. The molecule has 0 aliphatic carbocycles. The molecule has 144 valence electrons. The van der Waals surface area contributed by atoms with Crippen LogP contribution in [0.15, 0.2) is 36.4 Å². The van der Waals surface area contributed by atoms with E-state index in [2.05, 4.69) is 4.74 Å². The van der Waals surface area contributed by atoms with Crippen molar-refractivity contribution >= 4 is 29.0 Å². The molecule has 0 aromatic heterocycles. The fourth-order valence-electron chi connectivity index (χ4n) is 2.90. The van der Waals surface area contributed by atoms with Gasteiger partial charge in [0.05, 0.1) is 24.0 Å². The summed E-state index contributed by atoms with van der Waals surface area (Å²) in [5, 5.41) is 11.2. The van der Waals surface area contributed by atoms with E-state index in [9.17, 15) is 24.5 Å². The van der Waals surface area contributed by atoms with E-state index >= 15 is 0 Å². The van der Waals surface area contributed by atoms with Crippen LogP contribution in [-0.4, -0.2) is 43.3 Å². The molecule has 0 radical (unpaired) electrons. The summed E-state index contributed by atoms with van der Waals surface area (Å²) >= 11 is 0. The standard InChI is InChI=1S/C19H16N2O7/c1-20-14-5-3-11(7-13(14)9-18(20)23)16(22)10-28-17-6-4-12(19(24)27-2)8-15(17)21(25)26/h3-8H,9-10H2,1-2H3. The van der Waals surface area contributed by atoms with Crippen molar-refractivity contribution in [2.75, 3.05) is 25.7 Å². The fourth-order valence-corrected chi connectivity index (χ4v) is 2.90. The summed E-state index contributed by atoms with van der Waals surface area (Å²) in [6, 6.07) is 8.47. The van der Waals surface area contributed by atoms with Crippen molar-refractivity contribution in [1.82, 2.24) is 0 Å². The average Bonchev–Trinajstić information content (AvgIpc) is 2.98. The van der Waals surface area contributed by atoms with Gasteiger partial charge in [-0.15, -0.1) is 0 Å². The molecule has 1 amide bonds. The Bertz CT molecular complexity index is 1000. The Labute approximate surface area is 159 Å². The van der Waals surface area contributed by atoms with Gasteiger partial charge >= 0.3 is 11.7 Å². The van der Waals surface area contributed by atoms with Crippen LogP contribution >= 0.6 is 0 Å². The Kier molecular flexibility index (Phi) is 5.08. The highest BCUT2D eigenvalue weighted by Gasteiger charge is 2.25. The van der Waals surface area contributed by atoms with E-state index in [4.69, 9.17) is 4.74 Å². The van der Waals surface area contributed by atoms with E-state index in [0.29, 0.717) is 5.56 Å². The molecule has 1 heterocycles. The molecule has 28 heavy (non-hydrogen) atoms. The Morgan fingerprint density at radius 2 is 1.89 bits per heavy atom. The minimum absolute atomic E-state index is 0.000265. The number of Topliss-reactive ketones (excluding diaryl/α,β-unsaturated/α-hetero) is 1. The predicted octanol–water partition coefficient (Wildman–Crippen LogP) is 2.16. The van der Waals surface area contributed by atoms with Gasteiger partial charge in [-0.1, -0.05) is 0 Å². The number of ketones is 1. The number of amides is 1. The number of likely N-dealkylation sites (N-methyl/N-ethyl adjacent to an activating group) is 1. The molecule has 0 unspecified atom stereocenters. The number of hydrogen-bond acceptors (Lipinski definition) is 7. The molecule has 2 aromatic carbocycles. The number of nitro benzene ring substituents is 1. The molecule has 0 bridgehead atoms. The lowest BCUT2D eigenvalue weighted by Crippen LogP contribution is -2.20. The number of anilines is 1. The van der Waals surface area contributed by atoms with Crippen molar-refractivity contribution in [3.05, 3.63) is 63.2 Å². The van der Waals surface area contributed by atoms with Crippen LogP contribution in [0.3, 0.4) is 0 Å². The molecule has 0 atom stereocenters. The molecule has 1 aliphatic heterocycles. The number of ether oxygens (including phenoxy) is 2. The fraction of sp³-hybridized carbons (Fsp3) is 0.211. The SMILES string of the molecule is COC(=O)c1ccc(OCC(=O)c2ccc3c(c2)CC(=O)N3C)c([N+](=O)[O-])c1. The lowest BCUT2D eigenvalue weighted by atomic mass is 10.1. The molecule has 0 saturated heterocycles. The van der Waals surface area contributed by atoms with Gasteiger partial charge in [0.2, 0.25) is 5.91 Å². The molecular formula is C19H16N2O7. The largest absolute Gasteiger partial charge is 0.478 e. The first kappa shape index (κ1) is 19.0. The summed E-state index contributed by atoms with van der Waals surface area (Å²) in [4.78, 5) is 47.7. The summed E-state index contributed by atoms with van der Waals surface area (Å²) in [6.45, 7) is -0.430. The number of carbonyl (C=O) groups excluding carboxylic acids is 3. The molecule has 9 heteroatoms. The molecule has 1 aliphatic rings. The van der Waals surface area contributed by atoms with Crippen molar-refractivity contribution in [1.29, 1.82) is 0 Å². The Hall–Kier alpha value is -3.75. The van der Waals surface area contributed by atoms with Crippen molar-refractivity contribution in [3.8, 4) is 5.75 Å². The van der Waals surface area contributed by atoms with Crippen molar-refractivity contribution in [3.63, 3.8) is 0 Å². The van der Waals surface area contributed by atoms with Gasteiger partial charge in [0.15, 0.2) is 18.1 Å². The summed E-state index contributed by atoms with van der Waals surface area (Å²) < 4.78 is 9.86. The van der Waals surface area contributed by atoms with Gasteiger partial charge in [0.1, 0.15) is 0 Å². The number of esters is 1. The smallest absolute Gasteiger partial charge is 0.338 e. The first-order valence-electron chi connectivity index (χ1n) is 8.24. The second-order valence-electron chi connectivity index (χ2n) is 6.12. The van der Waals surface area contributed by atoms with E-state index in [1.54, 1.807) is 25.2 Å². The van der Waals surface area contributed by atoms with E-state index < -0.39 is 29.0 Å². The molecule has 0 N–H and O–H groups in total. The highest BCUT2D eigenvalue weighted by Crippen LogP contribution is 2.30. The van der Waals surface area contributed by atoms with Gasteiger partial charge in [-0.2, -0.15) is 0 Å². The zero-order chi connectivity index (χ0) is 20.4. The summed E-state index contributed by atoms with van der Waals surface area (Å²) in [6.07, 6.45) is 0.217. The van der Waals surface area contributed by atoms with Gasteiger partial charge in [-0.05, 0) is 35.9 Å². The number of hydrogen-bond donors (Lipinski definition) is 0. The van der Waals surface area contributed by atoms with Crippen molar-refractivity contribution in [2.45, 2.75) is 6.42 Å². The third-order valence-corrected chi connectivity index (χ3v) is 4.41. The van der Waals surface area contributed by atoms with E-state index in [0.717, 1.165) is 17.3 Å². The van der Waals surface area contributed by atoms with Gasteiger partial charge in [0.25, 0.3) is 0 Å². The number of nitrogens with zero attached hydrogens (tertiary/aromatic N) is 2. The van der Waals surface area contributed by atoms with Gasteiger partial charge < -0.3 is 14.4 Å². The summed E-state index contributed by atoms with van der Waals surface area (Å²) in [7, 11) is 2.83. The molecule has 3 rings (SSSR count). The maximum Gasteiger partial charge on any atom is 0.338 e. The van der Waals surface area contributed by atoms with Crippen LogP contribution in [0, 0.1) is 10.1 Å². The van der Waals surface area contributed by atoms with Crippen LogP contribution in [0.1, 0.15) is 26.3 Å². The number of carbonyl (C=O) groups is 3. The Morgan fingerprint density at radius 1 is 1.18 bits per heavy atom. The lowest BCUT2D eigenvalue weighted by Gasteiger charge is -2.11. The maximum atomic E-state index is 12.4. The van der Waals surface area contributed by atoms with Crippen LogP contribution < -0.4 is 9.64 Å². The number of benzene rings is 2. The highest BCUT2D eigenvalue weighted by atomic mass is 16.6. The predicted molar refractivity (Wildman–Crippen MR) is 97.8 cm³/mol. The number of methoxy groups -OCH3 is 1. The first-order valence-corrected chi connectivity index (χ1v) is 8.24. The first-order chi connectivity index (χ1) is 13.3. The number of fused-ring (bicyclic) bond motifs is 1. The third kappa shape index (κ3) is 3.54. The molecular weight excluding hydrogens is 368 g/mol. The van der Waals surface area contributed by atoms with E-state index in [1.807, 2.05) is 0 Å². The molecule has 0 saturated carbocycles. The van der Waals surface area contributed by atoms with Crippen molar-refractivity contribution < 1.29 is 28.8 Å². The monoisotopic (exact) mass is 384 g/mol. The molecule has 0 fully saturated rings. The minimum atomic E-state index is -0.719. The van der Waals surface area contributed by atoms with Crippen molar-refractivity contribution in [2.24, 2.45) is 0 Å². The van der Waals surface area contributed by atoms with Crippen LogP contribution in [0.4, 0.5) is 11.4 Å². The number of rotatable bonds is 6. The molecule has 9 nitrogen and oxygen atoms in total. The molecule has 0 spiro atoms. The van der Waals surface area contributed by atoms with Crippen LogP contribution in [0.5, 0.6) is 5.75 Å². The average molecular weight is 384 g/mol. The Balaban J connectivity index is 1.76. The summed E-state index contributed by atoms with van der Waals surface area (Å²) in [5.74, 6) is -1.31. The second kappa shape index (κ2) is 7.47. The van der Waals surface area contributed by atoms with Gasteiger partial charge in [-0.25, -0.2) is 4.79 Å². The zero-order valence-corrected chi connectivity index (χ0v) is 15.1. The van der Waals surface area contributed by atoms with Crippen LogP contribution in [0.2, 0.25) is 0 Å². The third-order valence-electron chi connectivity index (χ3n) is 4.41. The van der Waals surface area contributed by atoms with Gasteiger partial charge in [-0.3, -0.25) is 19.7 Å². The van der Waals surface area contributed by atoms with E-state index in [1.165, 1.54) is 24.1 Å². The summed E-state index contributed by atoms with van der Waals surface area (Å²) in [5.41, 5.74) is 1.39. The van der Waals surface area contributed by atoms with Crippen LogP contribution in [-0.2, 0) is 16.0 Å². The quantitative estimate of drug-likeness (QED) is 0.324. The van der Waals surface area contributed by atoms with E-state index in [-0.39, 0.29) is 23.6 Å². The topological polar surface area (TPSA) is 116 Å². The van der Waals surface area contributed by atoms with Gasteiger partial charge in [0, 0.05) is 24.4 Å². The zero-order valence-electron chi connectivity index (χ0n) is 15.1. The number of nitro groups is 1. The normalized spacial score (nSPS) is 12.5. The highest BCUT2D eigenvalue weighted by molar-refractivity contribution is 6.03. The lowest BCUT2D eigenvalue weighted by molar-refractivity contribution is -0.385. The second-order valence-corrected chi connectivity index (χ2v) is 6.12. The minimum Gasteiger partial charge on any atom is -0.478 e. The van der Waals surface area contributed by atoms with Crippen LogP contribution in [0.25, 0.3) is 0 Å².